The van der Waals surface area contributed by atoms with Gasteiger partial charge in [-0.1, -0.05) is 50.8 Å². The van der Waals surface area contributed by atoms with E-state index in [1.54, 1.807) is 41.3 Å². The molecule has 3 aliphatic rings. The molecule has 1 aliphatic carbocycles. The minimum atomic E-state index is -0.615. The number of hydrogen-bond donors (Lipinski definition) is 0. The number of ether oxygens (including phenoxy) is 2. The molecule has 1 atom stereocenters. The first-order valence-electron chi connectivity index (χ1n) is 13.2. The molecule has 4 amide bonds. The first-order chi connectivity index (χ1) is 18.9. The molecule has 1 unspecified atom stereocenters. The molecule has 1 saturated heterocycles. The Balaban J connectivity index is 0.000000686. The van der Waals surface area contributed by atoms with Crippen molar-refractivity contribution >= 4 is 35.2 Å². The standard InChI is InChI=1S/C23H25N3O6.C5H8.C2H6/c1-3-24(20(27)14-31-2)15-8-10-16(11-9-15)25-12-17(32-23(25)30)13-26-21(28)18-6-4-5-7-19(18)22(26)29;1-3-5-4-2;1-2/h4,6,8-11,17H,3,5,7,12-14H2,1-2H3;3-5H,1H2,2H3;1-2H3/b;5-4-;. The number of hydrogen-bond acceptors (Lipinski definition) is 6. The summed E-state index contributed by atoms with van der Waals surface area (Å²) in [6.07, 6.45) is 9.30. The van der Waals surface area contributed by atoms with Crippen LogP contribution in [0.3, 0.4) is 0 Å². The van der Waals surface area contributed by atoms with Gasteiger partial charge in [-0.15, -0.1) is 0 Å². The van der Waals surface area contributed by atoms with Crippen LogP contribution in [-0.2, 0) is 23.9 Å². The van der Waals surface area contributed by atoms with Crippen molar-refractivity contribution in [2.75, 3.05) is 43.2 Å². The second kappa shape index (κ2) is 15.4. The topological polar surface area (TPSA) is 96.5 Å². The summed E-state index contributed by atoms with van der Waals surface area (Å²) in [5.41, 5.74) is 2.29. The molecule has 1 aromatic carbocycles. The van der Waals surface area contributed by atoms with Crippen LogP contribution in [0.15, 0.2) is 72.4 Å². The summed E-state index contributed by atoms with van der Waals surface area (Å²) in [5.74, 6) is -0.789. The Morgan fingerprint density at radius 3 is 2.41 bits per heavy atom. The molecule has 1 aromatic rings. The maximum Gasteiger partial charge on any atom is 0.414 e. The highest BCUT2D eigenvalue weighted by Crippen LogP contribution is 2.31. The monoisotopic (exact) mass is 537 g/mol. The van der Waals surface area contributed by atoms with E-state index in [1.807, 2.05) is 45.9 Å². The summed E-state index contributed by atoms with van der Waals surface area (Å²) in [7, 11) is 1.47. The molecule has 9 heteroatoms. The molecule has 1 fully saturated rings. The molecule has 2 heterocycles. The smallest absolute Gasteiger partial charge is 0.414 e. The lowest BCUT2D eigenvalue weighted by molar-refractivity contribution is -0.138. The summed E-state index contributed by atoms with van der Waals surface area (Å²) in [4.78, 5) is 54.1. The zero-order valence-electron chi connectivity index (χ0n) is 23.5. The number of nitrogens with zero attached hydrogens (tertiary/aromatic N) is 3. The predicted octanol–water partition coefficient (Wildman–Crippen LogP) is 4.80. The number of allylic oxidation sites excluding steroid dienone is 4. The van der Waals surface area contributed by atoms with E-state index in [1.165, 1.54) is 16.9 Å². The summed E-state index contributed by atoms with van der Waals surface area (Å²) in [6.45, 7) is 12.0. The number of anilines is 2. The fraction of sp³-hybridized carbons (Fsp3) is 0.400. The van der Waals surface area contributed by atoms with Gasteiger partial charge in [0.2, 0.25) is 0 Å². The molecule has 9 nitrogen and oxygen atoms in total. The van der Waals surface area contributed by atoms with Crippen LogP contribution in [-0.4, -0.2) is 68.2 Å². The summed E-state index contributed by atoms with van der Waals surface area (Å²) in [6, 6.07) is 6.98. The van der Waals surface area contributed by atoms with Crippen molar-refractivity contribution < 1.29 is 28.7 Å². The highest BCUT2D eigenvalue weighted by molar-refractivity contribution is 6.21. The number of benzene rings is 1. The Morgan fingerprint density at radius 2 is 1.87 bits per heavy atom. The van der Waals surface area contributed by atoms with Gasteiger partial charge in [0, 0.05) is 36.2 Å². The molecule has 210 valence electrons. The van der Waals surface area contributed by atoms with Crippen LogP contribution in [0.1, 0.15) is 40.5 Å². The number of carbonyl (C=O) groups is 4. The van der Waals surface area contributed by atoms with Crippen LogP contribution >= 0.6 is 0 Å². The molecule has 4 rings (SSSR count). The van der Waals surface area contributed by atoms with Crippen LogP contribution in [0.25, 0.3) is 0 Å². The highest BCUT2D eigenvalue weighted by atomic mass is 16.6. The molecule has 0 N–H and O–H groups in total. The van der Waals surface area contributed by atoms with Gasteiger partial charge in [0.1, 0.15) is 12.7 Å². The molecular formula is C30H39N3O6. The number of likely N-dealkylation sites (N-methyl/N-ethyl adjacent to an activating group) is 1. The van der Waals surface area contributed by atoms with Crippen LogP contribution in [0, 0.1) is 0 Å². The number of methoxy groups -OCH3 is 1. The lowest BCUT2D eigenvalue weighted by Gasteiger charge is -2.22. The Hall–Kier alpha value is -3.98. The van der Waals surface area contributed by atoms with Crippen molar-refractivity contribution in [1.82, 2.24) is 4.90 Å². The first kappa shape index (κ1) is 31.2. The number of carbonyl (C=O) groups excluding carboxylic acids is 4. The van der Waals surface area contributed by atoms with E-state index in [-0.39, 0.29) is 37.4 Å². The Morgan fingerprint density at radius 1 is 1.18 bits per heavy atom. The molecule has 0 spiro atoms. The maximum absolute atomic E-state index is 12.6. The van der Waals surface area contributed by atoms with E-state index in [0.717, 1.165) is 6.42 Å². The fourth-order valence-corrected chi connectivity index (χ4v) is 4.34. The third-order valence-corrected chi connectivity index (χ3v) is 6.10. The largest absolute Gasteiger partial charge is 0.442 e. The van der Waals surface area contributed by atoms with Crippen LogP contribution in [0.2, 0.25) is 0 Å². The Kier molecular flexibility index (Phi) is 12.4. The lowest BCUT2D eigenvalue weighted by Crippen LogP contribution is -2.39. The van der Waals surface area contributed by atoms with Gasteiger partial charge in [-0.3, -0.25) is 24.2 Å². The van der Waals surface area contributed by atoms with E-state index in [0.29, 0.717) is 35.5 Å². The van der Waals surface area contributed by atoms with Crippen molar-refractivity contribution in [1.29, 1.82) is 0 Å². The SMILES string of the molecule is C=C/C=C\C.CC.CCN(C(=O)COC)c1ccc(N2CC(CN3C(=O)C4=C(CCC=C4)C3=O)OC2=O)cc1. The predicted molar refractivity (Wildman–Crippen MR) is 152 cm³/mol. The van der Waals surface area contributed by atoms with Gasteiger partial charge in [0.05, 0.1) is 13.1 Å². The van der Waals surface area contributed by atoms with E-state index < -0.39 is 12.2 Å². The number of amides is 4. The van der Waals surface area contributed by atoms with E-state index in [4.69, 9.17) is 9.47 Å². The van der Waals surface area contributed by atoms with Gasteiger partial charge in [-0.05, 0) is 51.0 Å². The first-order valence-corrected chi connectivity index (χ1v) is 13.2. The average Bonchev–Trinajstić information content (AvgIpc) is 3.44. The van der Waals surface area contributed by atoms with Gasteiger partial charge in [0.25, 0.3) is 17.7 Å². The van der Waals surface area contributed by atoms with Crippen molar-refractivity contribution in [2.45, 2.75) is 46.6 Å². The third kappa shape index (κ3) is 7.54. The molecule has 0 saturated carbocycles. The van der Waals surface area contributed by atoms with Crippen molar-refractivity contribution in [3.63, 3.8) is 0 Å². The van der Waals surface area contributed by atoms with E-state index >= 15 is 0 Å². The van der Waals surface area contributed by atoms with Crippen molar-refractivity contribution in [3.8, 4) is 0 Å². The molecule has 2 aliphatic heterocycles. The summed E-state index contributed by atoms with van der Waals surface area (Å²) >= 11 is 0. The molecule has 0 aromatic heterocycles. The third-order valence-electron chi connectivity index (χ3n) is 6.10. The van der Waals surface area contributed by atoms with Gasteiger partial charge < -0.3 is 14.4 Å². The zero-order chi connectivity index (χ0) is 28.9. The second-order valence-corrected chi connectivity index (χ2v) is 8.52. The average molecular weight is 538 g/mol. The van der Waals surface area contributed by atoms with E-state index in [9.17, 15) is 19.2 Å². The maximum atomic E-state index is 12.6. The molecule has 39 heavy (non-hydrogen) atoms. The number of cyclic esters (lactones) is 1. The number of imide groups is 1. The van der Waals surface area contributed by atoms with Crippen LogP contribution in [0.5, 0.6) is 0 Å². The highest BCUT2D eigenvalue weighted by Gasteiger charge is 2.41. The molecule has 0 radical (unpaired) electrons. The lowest BCUT2D eigenvalue weighted by atomic mass is 10.00. The van der Waals surface area contributed by atoms with Gasteiger partial charge in [-0.25, -0.2) is 4.79 Å². The fourth-order valence-electron chi connectivity index (χ4n) is 4.34. The minimum Gasteiger partial charge on any atom is -0.442 e. The van der Waals surface area contributed by atoms with E-state index in [2.05, 4.69) is 6.58 Å². The zero-order valence-corrected chi connectivity index (χ0v) is 23.5. The quantitative estimate of drug-likeness (QED) is 0.349. The Labute approximate surface area is 231 Å². The van der Waals surface area contributed by atoms with Crippen molar-refractivity contribution in [3.05, 3.63) is 72.4 Å². The van der Waals surface area contributed by atoms with Crippen LogP contribution < -0.4 is 9.80 Å². The van der Waals surface area contributed by atoms with Gasteiger partial charge in [0.15, 0.2) is 0 Å². The summed E-state index contributed by atoms with van der Waals surface area (Å²) in [5, 5.41) is 0. The molecular weight excluding hydrogens is 498 g/mol. The second-order valence-electron chi connectivity index (χ2n) is 8.52. The summed E-state index contributed by atoms with van der Waals surface area (Å²) < 4.78 is 10.4. The van der Waals surface area contributed by atoms with Gasteiger partial charge in [-0.2, -0.15) is 0 Å². The number of rotatable bonds is 8. The molecule has 0 bridgehead atoms. The normalized spacial score (nSPS) is 17.9. The minimum absolute atomic E-state index is 0.0161. The Bertz CT molecular complexity index is 1140. The van der Waals surface area contributed by atoms with Gasteiger partial charge >= 0.3 is 6.09 Å². The van der Waals surface area contributed by atoms with Crippen molar-refractivity contribution in [2.24, 2.45) is 0 Å². The van der Waals surface area contributed by atoms with Crippen LogP contribution in [0.4, 0.5) is 16.2 Å².